The van der Waals surface area contributed by atoms with Gasteiger partial charge in [-0.05, 0) is 13.8 Å². The molecule has 1 atom stereocenters. The van der Waals surface area contributed by atoms with Crippen LogP contribution in [0.3, 0.4) is 0 Å². The van der Waals surface area contributed by atoms with E-state index in [4.69, 9.17) is 4.42 Å². The molecule has 1 amide bonds. The normalized spacial score (nSPS) is 12.4. The van der Waals surface area contributed by atoms with Gasteiger partial charge in [0, 0.05) is 0 Å². The summed E-state index contributed by atoms with van der Waals surface area (Å²) in [5.74, 6) is 0.851. The SMILES string of the molecule is Cc1cnc(C(C)NC(=O)c2cn[nH]n2)o1. The van der Waals surface area contributed by atoms with Crippen LogP contribution in [0.4, 0.5) is 0 Å². The van der Waals surface area contributed by atoms with Gasteiger partial charge in [-0.25, -0.2) is 4.98 Å². The van der Waals surface area contributed by atoms with Gasteiger partial charge in [-0.3, -0.25) is 4.79 Å². The van der Waals surface area contributed by atoms with Crippen molar-refractivity contribution in [2.45, 2.75) is 19.9 Å². The number of hydrogen-bond donors (Lipinski definition) is 2. The van der Waals surface area contributed by atoms with E-state index in [1.807, 2.05) is 0 Å². The number of amides is 1. The summed E-state index contributed by atoms with van der Waals surface area (Å²) in [7, 11) is 0. The largest absolute Gasteiger partial charge is 0.444 e. The summed E-state index contributed by atoms with van der Waals surface area (Å²) in [6.45, 7) is 3.58. The van der Waals surface area contributed by atoms with E-state index in [1.165, 1.54) is 6.20 Å². The Morgan fingerprint density at radius 1 is 1.56 bits per heavy atom. The molecule has 2 rings (SSSR count). The molecule has 7 nitrogen and oxygen atoms in total. The van der Waals surface area contributed by atoms with E-state index < -0.39 is 0 Å². The summed E-state index contributed by atoms with van der Waals surface area (Å²) in [6.07, 6.45) is 2.96. The maximum atomic E-state index is 11.6. The van der Waals surface area contributed by atoms with Crippen molar-refractivity contribution < 1.29 is 9.21 Å². The first-order chi connectivity index (χ1) is 7.66. The molecule has 0 aliphatic heterocycles. The Morgan fingerprint density at radius 3 is 2.94 bits per heavy atom. The zero-order valence-corrected chi connectivity index (χ0v) is 8.89. The molecule has 2 aromatic heterocycles. The fourth-order valence-electron chi connectivity index (χ4n) is 1.22. The van der Waals surface area contributed by atoms with E-state index in [-0.39, 0.29) is 17.6 Å². The van der Waals surface area contributed by atoms with Gasteiger partial charge < -0.3 is 9.73 Å². The van der Waals surface area contributed by atoms with E-state index >= 15 is 0 Å². The zero-order valence-electron chi connectivity index (χ0n) is 8.89. The summed E-state index contributed by atoms with van der Waals surface area (Å²) in [5, 5.41) is 12.3. The second-order valence-electron chi connectivity index (χ2n) is 3.36. The molecule has 0 aliphatic rings. The van der Waals surface area contributed by atoms with E-state index in [0.29, 0.717) is 11.7 Å². The number of aromatic amines is 1. The van der Waals surface area contributed by atoms with Crippen LogP contribution in [-0.4, -0.2) is 26.3 Å². The first-order valence-electron chi connectivity index (χ1n) is 4.76. The van der Waals surface area contributed by atoms with Crippen LogP contribution in [0.5, 0.6) is 0 Å². The molecule has 0 bridgehead atoms. The minimum absolute atomic E-state index is 0.232. The van der Waals surface area contributed by atoms with Crippen LogP contribution in [0.25, 0.3) is 0 Å². The Balaban J connectivity index is 2.03. The second-order valence-corrected chi connectivity index (χ2v) is 3.36. The number of nitrogens with one attached hydrogen (secondary N) is 2. The number of nitrogens with zero attached hydrogens (tertiary/aromatic N) is 3. The predicted molar refractivity (Wildman–Crippen MR) is 53.5 cm³/mol. The van der Waals surface area contributed by atoms with Crippen molar-refractivity contribution in [1.82, 2.24) is 25.7 Å². The van der Waals surface area contributed by atoms with Crippen molar-refractivity contribution in [1.29, 1.82) is 0 Å². The van der Waals surface area contributed by atoms with Gasteiger partial charge in [0.1, 0.15) is 11.8 Å². The molecule has 0 aliphatic carbocycles. The summed E-state index contributed by atoms with van der Waals surface area (Å²) in [4.78, 5) is 15.6. The number of carbonyl (C=O) groups excluding carboxylic acids is 1. The summed E-state index contributed by atoms with van der Waals surface area (Å²) in [5.41, 5.74) is 0.232. The first kappa shape index (κ1) is 10.3. The van der Waals surface area contributed by atoms with Crippen LogP contribution in [0, 0.1) is 6.92 Å². The number of oxazole rings is 1. The molecule has 2 aromatic rings. The minimum Gasteiger partial charge on any atom is -0.444 e. The number of carbonyl (C=O) groups is 1. The van der Waals surface area contributed by atoms with Crippen molar-refractivity contribution in [3.8, 4) is 0 Å². The minimum atomic E-state index is -0.322. The summed E-state index contributed by atoms with van der Waals surface area (Å²) in [6, 6.07) is -0.308. The monoisotopic (exact) mass is 221 g/mol. The Bertz CT molecular complexity index is 476. The first-order valence-corrected chi connectivity index (χ1v) is 4.76. The van der Waals surface area contributed by atoms with E-state index in [1.54, 1.807) is 20.0 Å². The molecule has 0 saturated heterocycles. The smallest absolute Gasteiger partial charge is 0.274 e. The van der Waals surface area contributed by atoms with Gasteiger partial charge in [-0.2, -0.15) is 15.4 Å². The second kappa shape index (κ2) is 4.13. The third kappa shape index (κ3) is 2.08. The highest BCUT2D eigenvalue weighted by atomic mass is 16.4. The predicted octanol–water partition coefficient (Wildman–Crippen LogP) is 0.592. The molecule has 0 fully saturated rings. The highest BCUT2D eigenvalue weighted by Crippen LogP contribution is 2.12. The van der Waals surface area contributed by atoms with E-state index in [9.17, 15) is 4.79 Å². The fraction of sp³-hybridized carbons (Fsp3) is 0.333. The van der Waals surface area contributed by atoms with Crippen LogP contribution < -0.4 is 5.32 Å². The number of hydrogen-bond acceptors (Lipinski definition) is 5. The molecule has 2 heterocycles. The van der Waals surface area contributed by atoms with Crippen LogP contribution in [0.15, 0.2) is 16.8 Å². The number of rotatable bonds is 3. The fourth-order valence-corrected chi connectivity index (χ4v) is 1.22. The molecule has 0 spiro atoms. The van der Waals surface area contributed by atoms with Crippen molar-refractivity contribution in [3.63, 3.8) is 0 Å². The zero-order chi connectivity index (χ0) is 11.5. The Labute approximate surface area is 91.3 Å². The number of aromatic nitrogens is 4. The molecule has 0 saturated carbocycles. The number of H-pyrrole nitrogens is 1. The highest BCUT2D eigenvalue weighted by molar-refractivity contribution is 5.91. The van der Waals surface area contributed by atoms with E-state index in [0.717, 1.165) is 0 Å². The maximum absolute atomic E-state index is 11.6. The molecule has 2 N–H and O–H groups in total. The van der Waals surface area contributed by atoms with Crippen LogP contribution >= 0.6 is 0 Å². The van der Waals surface area contributed by atoms with Gasteiger partial charge in [0.25, 0.3) is 5.91 Å². The Kier molecular flexibility index (Phi) is 2.67. The van der Waals surface area contributed by atoms with Gasteiger partial charge in [0.15, 0.2) is 5.69 Å². The van der Waals surface area contributed by atoms with Crippen molar-refractivity contribution in [2.24, 2.45) is 0 Å². The van der Waals surface area contributed by atoms with Gasteiger partial charge in [0.05, 0.1) is 12.4 Å². The standard InChI is InChI=1S/C9H11N5O2/c1-5-3-10-9(16-5)6(2)12-8(15)7-4-11-14-13-7/h3-4,6H,1-2H3,(H,12,15)(H,11,13,14). The number of aryl methyl sites for hydroxylation is 1. The molecule has 0 aromatic carbocycles. The third-order valence-electron chi connectivity index (χ3n) is 2.00. The highest BCUT2D eigenvalue weighted by Gasteiger charge is 2.16. The van der Waals surface area contributed by atoms with Gasteiger partial charge >= 0.3 is 0 Å². The summed E-state index contributed by atoms with van der Waals surface area (Å²) >= 11 is 0. The summed E-state index contributed by atoms with van der Waals surface area (Å²) < 4.78 is 5.29. The quantitative estimate of drug-likeness (QED) is 0.790. The Hall–Kier alpha value is -2.18. The van der Waals surface area contributed by atoms with Crippen LogP contribution in [0.2, 0.25) is 0 Å². The molecule has 7 heteroatoms. The average Bonchev–Trinajstić information content (AvgIpc) is 2.87. The van der Waals surface area contributed by atoms with Crippen LogP contribution in [-0.2, 0) is 0 Å². The molecule has 0 radical (unpaired) electrons. The molecular formula is C9H11N5O2. The van der Waals surface area contributed by atoms with Crippen molar-refractivity contribution in [3.05, 3.63) is 29.7 Å². The lowest BCUT2D eigenvalue weighted by atomic mass is 10.3. The molecular weight excluding hydrogens is 210 g/mol. The van der Waals surface area contributed by atoms with Gasteiger partial charge in [-0.1, -0.05) is 0 Å². The molecule has 84 valence electrons. The topological polar surface area (TPSA) is 96.7 Å². The maximum Gasteiger partial charge on any atom is 0.274 e. The Morgan fingerprint density at radius 2 is 2.38 bits per heavy atom. The van der Waals surface area contributed by atoms with E-state index in [2.05, 4.69) is 25.7 Å². The molecule has 1 unspecified atom stereocenters. The lowest BCUT2D eigenvalue weighted by Crippen LogP contribution is -2.27. The van der Waals surface area contributed by atoms with Gasteiger partial charge in [-0.15, -0.1) is 0 Å². The lowest BCUT2D eigenvalue weighted by Gasteiger charge is -2.08. The third-order valence-corrected chi connectivity index (χ3v) is 2.00. The lowest BCUT2D eigenvalue weighted by molar-refractivity contribution is 0.0929. The van der Waals surface area contributed by atoms with Crippen LogP contribution in [0.1, 0.15) is 35.1 Å². The van der Waals surface area contributed by atoms with Crippen molar-refractivity contribution >= 4 is 5.91 Å². The molecule has 16 heavy (non-hydrogen) atoms. The average molecular weight is 221 g/mol. The van der Waals surface area contributed by atoms with Gasteiger partial charge in [0.2, 0.25) is 5.89 Å². The van der Waals surface area contributed by atoms with Crippen molar-refractivity contribution in [2.75, 3.05) is 0 Å².